The van der Waals surface area contributed by atoms with Gasteiger partial charge in [0.1, 0.15) is 23.4 Å². The fraction of sp³-hybridized carbons (Fsp3) is 0.381. The third kappa shape index (κ3) is 3.94. The van der Waals surface area contributed by atoms with Crippen LogP contribution in [0.2, 0.25) is 0 Å². The molecule has 0 radical (unpaired) electrons. The second-order valence-electron chi connectivity index (χ2n) is 6.50. The summed E-state index contributed by atoms with van der Waals surface area (Å²) in [5.41, 5.74) is 1.57. The number of hydrogen-bond donors (Lipinski definition) is 0. The van der Waals surface area contributed by atoms with Crippen molar-refractivity contribution in [3.05, 3.63) is 48.0 Å². The summed E-state index contributed by atoms with van der Waals surface area (Å²) in [6.45, 7) is 4.22. The fourth-order valence-electron chi connectivity index (χ4n) is 3.35. The monoisotopic (exact) mass is 370 g/mol. The van der Waals surface area contributed by atoms with Crippen LogP contribution in [0.3, 0.4) is 0 Å². The number of fused-ring (bicyclic) bond motifs is 1. The lowest BCUT2D eigenvalue weighted by Gasteiger charge is -2.37. The molecule has 0 saturated carbocycles. The van der Waals surface area contributed by atoms with E-state index in [1.165, 1.54) is 0 Å². The number of nitrogens with zero attached hydrogens (tertiary/aromatic N) is 2. The molecule has 1 amide bonds. The smallest absolute Gasteiger partial charge is 0.257 e. The van der Waals surface area contributed by atoms with Crippen molar-refractivity contribution in [3.8, 4) is 17.2 Å². The van der Waals surface area contributed by atoms with Crippen LogP contribution in [-0.2, 0) is 0 Å². The molecule has 1 aliphatic rings. The van der Waals surface area contributed by atoms with Crippen molar-refractivity contribution >= 4 is 11.6 Å². The first-order valence-electron chi connectivity index (χ1n) is 9.05. The molecule has 144 valence electrons. The Balaban J connectivity index is 1.76. The topological polar surface area (TPSA) is 51.2 Å². The Bertz CT molecular complexity index is 809. The molecule has 0 N–H and O–H groups in total. The Kier molecular flexibility index (Phi) is 5.74. The molecule has 0 aliphatic carbocycles. The molecule has 2 aromatic rings. The Labute approximate surface area is 160 Å². The summed E-state index contributed by atoms with van der Waals surface area (Å²) in [6, 6.07) is 13.2. The molecular weight excluding hydrogens is 344 g/mol. The van der Waals surface area contributed by atoms with E-state index in [1.54, 1.807) is 44.4 Å². The number of para-hydroxylation sites is 2. The number of carbonyl (C=O) groups excluding carboxylic acids is 1. The van der Waals surface area contributed by atoms with Crippen LogP contribution in [0.4, 0.5) is 5.69 Å². The molecule has 6 nitrogen and oxygen atoms in total. The highest BCUT2D eigenvalue weighted by Crippen LogP contribution is 2.33. The molecule has 0 saturated heterocycles. The normalized spacial score (nSPS) is 15.6. The van der Waals surface area contributed by atoms with Gasteiger partial charge in [-0.1, -0.05) is 12.1 Å². The molecule has 0 bridgehead atoms. The van der Waals surface area contributed by atoms with Gasteiger partial charge in [-0.3, -0.25) is 4.79 Å². The van der Waals surface area contributed by atoms with E-state index in [4.69, 9.17) is 14.2 Å². The number of likely N-dealkylation sites (N-methyl/N-ethyl adjacent to an activating group) is 2. The number of benzene rings is 2. The maximum atomic E-state index is 13.0. The van der Waals surface area contributed by atoms with Crippen LogP contribution in [0.1, 0.15) is 17.3 Å². The van der Waals surface area contributed by atoms with E-state index in [0.29, 0.717) is 23.6 Å². The van der Waals surface area contributed by atoms with E-state index in [2.05, 4.69) is 17.9 Å². The maximum Gasteiger partial charge on any atom is 0.257 e. The minimum absolute atomic E-state index is 0.106. The van der Waals surface area contributed by atoms with Crippen molar-refractivity contribution in [2.75, 3.05) is 45.8 Å². The lowest BCUT2D eigenvalue weighted by molar-refractivity contribution is 0.0706. The third-order valence-electron chi connectivity index (χ3n) is 4.77. The number of ether oxygens (including phenoxy) is 3. The van der Waals surface area contributed by atoms with Crippen LogP contribution >= 0.6 is 0 Å². The highest BCUT2D eigenvalue weighted by molar-refractivity contribution is 5.97. The first-order valence-corrected chi connectivity index (χ1v) is 9.05. The van der Waals surface area contributed by atoms with Crippen LogP contribution in [-0.4, -0.2) is 57.8 Å². The van der Waals surface area contributed by atoms with Gasteiger partial charge >= 0.3 is 0 Å². The Morgan fingerprint density at radius 3 is 2.70 bits per heavy atom. The molecule has 0 spiro atoms. The zero-order valence-corrected chi connectivity index (χ0v) is 16.3. The molecule has 0 fully saturated rings. The first-order chi connectivity index (χ1) is 13.1. The summed E-state index contributed by atoms with van der Waals surface area (Å²) in [5.74, 6) is 1.87. The average molecular weight is 370 g/mol. The number of rotatable bonds is 6. The van der Waals surface area contributed by atoms with Crippen molar-refractivity contribution in [2.24, 2.45) is 0 Å². The van der Waals surface area contributed by atoms with Gasteiger partial charge in [0.05, 0.1) is 38.6 Å². The van der Waals surface area contributed by atoms with Crippen molar-refractivity contribution in [1.29, 1.82) is 0 Å². The first kappa shape index (κ1) is 18.9. The van der Waals surface area contributed by atoms with Crippen molar-refractivity contribution in [2.45, 2.75) is 13.0 Å². The van der Waals surface area contributed by atoms with E-state index in [0.717, 1.165) is 24.5 Å². The van der Waals surface area contributed by atoms with E-state index in [-0.39, 0.29) is 12.0 Å². The van der Waals surface area contributed by atoms with E-state index in [9.17, 15) is 4.79 Å². The molecule has 2 aromatic carbocycles. The summed E-state index contributed by atoms with van der Waals surface area (Å²) in [6.07, 6.45) is -0.106. The quantitative estimate of drug-likeness (QED) is 0.782. The Hall–Kier alpha value is -2.89. The summed E-state index contributed by atoms with van der Waals surface area (Å²) >= 11 is 0. The standard InChI is InChI=1S/C21H26N2O4/c1-5-23-14-16(27-20-9-7-6-8-18(20)23)13-22(2)21(24)17-12-15(25-3)10-11-19(17)26-4/h6-12,16H,5,13-14H2,1-4H3. The minimum atomic E-state index is -0.128. The fourth-order valence-corrected chi connectivity index (χ4v) is 3.35. The van der Waals surface area contributed by atoms with Crippen molar-refractivity contribution < 1.29 is 19.0 Å². The molecule has 1 aliphatic heterocycles. The van der Waals surface area contributed by atoms with Gasteiger partial charge in [0, 0.05) is 13.6 Å². The molecule has 1 heterocycles. The van der Waals surface area contributed by atoms with Gasteiger partial charge in [0.25, 0.3) is 5.91 Å². The molecule has 1 unspecified atom stereocenters. The summed E-state index contributed by atoms with van der Waals surface area (Å²) < 4.78 is 16.7. The second-order valence-corrected chi connectivity index (χ2v) is 6.50. The van der Waals surface area contributed by atoms with Crippen LogP contribution in [0.15, 0.2) is 42.5 Å². The number of anilines is 1. The SMILES string of the molecule is CCN1CC(CN(C)C(=O)c2cc(OC)ccc2OC)Oc2ccccc21. The van der Waals surface area contributed by atoms with Gasteiger partial charge in [-0.25, -0.2) is 0 Å². The van der Waals surface area contributed by atoms with E-state index in [1.807, 2.05) is 18.2 Å². The highest BCUT2D eigenvalue weighted by Gasteiger charge is 2.27. The van der Waals surface area contributed by atoms with Crippen LogP contribution < -0.4 is 19.1 Å². The minimum Gasteiger partial charge on any atom is -0.497 e. The van der Waals surface area contributed by atoms with Crippen molar-refractivity contribution in [3.63, 3.8) is 0 Å². The lowest BCUT2D eigenvalue weighted by Crippen LogP contribution is -2.46. The van der Waals surface area contributed by atoms with Gasteiger partial charge in [0.15, 0.2) is 0 Å². The van der Waals surface area contributed by atoms with Crippen molar-refractivity contribution in [1.82, 2.24) is 4.90 Å². The molecule has 0 aromatic heterocycles. The number of hydrogen-bond acceptors (Lipinski definition) is 5. The average Bonchev–Trinajstić information content (AvgIpc) is 2.71. The van der Waals surface area contributed by atoms with Crippen LogP contribution in [0.25, 0.3) is 0 Å². The van der Waals surface area contributed by atoms with Gasteiger partial charge < -0.3 is 24.0 Å². The zero-order valence-electron chi connectivity index (χ0n) is 16.3. The van der Waals surface area contributed by atoms with Crippen LogP contribution in [0.5, 0.6) is 17.2 Å². The molecule has 1 atom stereocenters. The van der Waals surface area contributed by atoms with Gasteiger partial charge in [-0.05, 0) is 37.3 Å². The number of methoxy groups -OCH3 is 2. The highest BCUT2D eigenvalue weighted by atomic mass is 16.5. The Morgan fingerprint density at radius 2 is 2.00 bits per heavy atom. The van der Waals surface area contributed by atoms with Gasteiger partial charge in [0.2, 0.25) is 0 Å². The third-order valence-corrected chi connectivity index (χ3v) is 4.77. The maximum absolute atomic E-state index is 13.0. The zero-order chi connectivity index (χ0) is 19.4. The van der Waals surface area contributed by atoms with E-state index < -0.39 is 0 Å². The van der Waals surface area contributed by atoms with E-state index >= 15 is 0 Å². The lowest BCUT2D eigenvalue weighted by atomic mass is 10.1. The summed E-state index contributed by atoms with van der Waals surface area (Å²) in [7, 11) is 4.91. The molecule has 3 rings (SSSR count). The molecular formula is C21H26N2O4. The summed E-state index contributed by atoms with van der Waals surface area (Å²) in [5, 5.41) is 0. The van der Waals surface area contributed by atoms with Gasteiger partial charge in [-0.15, -0.1) is 0 Å². The number of carbonyl (C=O) groups is 1. The molecule has 27 heavy (non-hydrogen) atoms. The predicted octanol–water partition coefficient (Wildman–Crippen LogP) is 3.06. The van der Waals surface area contributed by atoms with Crippen LogP contribution in [0, 0.1) is 0 Å². The predicted molar refractivity (Wildman–Crippen MR) is 105 cm³/mol. The largest absolute Gasteiger partial charge is 0.497 e. The summed E-state index contributed by atoms with van der Waals surface area (Å²) in [4.78, 5) is 16.9. The Morgan fingerprint density at radius 1 is 1.22 bits per heavy atom. The number of amides is 1. The molecule has 6 heteroatoms. The van der Waals surface area contributed by atoms with Gasteiger partial charge in [-0.2, -0.15) is 0 Å². The second kappa shape index (κ2) is 8.20.